The number of hydrogen-bond donors (Lipinski definition) is 1. The van der Waals surface area contributed by atoms with Gasteiger partial charge in [-0.2, -0.15) is 13.2 Å². The van der Waals surface area contributed by atoms with Crippen molar-refractivity contribution in [3.05, 3.63) is 23.5 Å². The van der Waals surface area contributed by atoms with Crippen LogP contribution >= 0.6 is 0 Å². The number of benzene rings is 1. The number of ether oxygens (including phenoxy) is 2. The summed E-state index contributed by atoms with van der Waals surface area (Å²) < 4.78 is 58.6. The molecule has 0 aliphatic heterocycles. The van der Waals surface area contributed by atoms with Gasteiger partial charge in [0.25, 0.3) is 0 Å². The van der Waals surface area contributed by atoms with Crippen molar-refractivity contribution in [1.29, 1.82) is 0 Å². The molecule has 1 aromatic rings. The Morgan fingerprint density at radius 2 is 1.94 bits per heavy atom. The van der Waals surface area contributed by atoms with Crippen LogP contribution in [0.2, 0.25) is 0 Å². The van der Waals surface area contributed by atoms with E-state index in [-0.39, 0.29) is 6.07 Å². The number of anilines is 1. The van der Waals surface area contributed by atoms with Crippen molar-refractivity contribution in [2.45, 2.75) is 6.18 Å². The number of nitrogens with two attached hydrogens (primary N) is 1. The molecule has 0 spiro atoms. The van der Waals surface area contributed by atoms with E-state index in [1.165, 1.54) is 0 Å². The van der Waals surface area contributed by atoms with Crippen molar-refractivity contribution < 1.29 is 31.8 Å². The van der Waals surface area contributed by atoms with Crippen molar-refractivity contribution in [2.75, 3.05) is 12.8 Å². The van der Waals surface area contributed by atoms with Crippen molar-refractivity contribution >= 4 is 11.8 Å². The standard InChI is InChI=1S/C9H7F4NO3/c1-16-8(15)17-7-5(9(11,12)13)2-4(10)3-6(7)14/h2-3H,14H2,1H3. The second-order valence-electron chi connectivity index (χ2n) is 2.93. The Bertz CT molecular complexity index is 445. The normalized spacial score (nSPS) is 11.1. The van der Waals surface area contributed by atoms with Gasteiger partial charge >= 0.3 is 12.3 Å². The highest BCUT2D eigenvalue weighted by molar-refractivity contribution is 5.69. The summed E-state index contributed by atoms with van der Waals surface area (Å²) >= 11 is 0. The van der Waals surface area contributed by atoms with E-state index in [9.17, 15) is 22.4 Å². The first-order valence-corrected chi connectivity index (χ1v) is 4.17. The van der Waals surface area contributed by atoms with Crippen LogP contribution in [0.3, 0.4) is 0 Å². The van der Waals surface area contributed by atoms with E-state index in [0.29, 0.717) is 6.07 Å². The highest BCUT2D eigenvalue weighted by Crippen LogP contribution is 2.40. The van der Waals surface area contributed by atoms with E-state index in [4.69, 9.17) is 5.73 Å². The van der Waals surface area contributed by atoms with Crippen LogP contribution in [-0.4, -0.2) is 13.3 Å². The number of alkyl halides is 3. The van der Waals surface area contributed by atoms with Gasteiger partial charge in [0.1, 0.15) is 11.4 Å². The maximum atomic E-state index is 12.8. The maximum Gasteiger partial charge on any atom is 0.513 e. The number of hydrogen-bond acceptors (Lipinski definition) is 4. The van der Waals surface area contributed by atoms with Crippen molar-refractivity contribution in [3.63, 3.8) is 0 Å². The predicted molar refractivity (Wildman–Crippen MR) is 48.8 cm³/mol. The summed E-state index contributed by atoms with van der Waals surface area (Å²) in [6.45, 7) is 0. The van der Waals surface area contributed by atoms with E-state index >= 15 is 0 Å². The first-order chi connectivity index (χ1) is 7.75. The number of carbonyl (C=O) groups excluding carboxylic acids is 1. The maximum absolute atomic E-state index is 12.8. The van der Waals surface area contributed by atoms with Crippen LogP contribution in [0.5, 0.6) is 5.75 Å². The third-order valence-electron chi connectivity index (χ3n) is 1.74. The molecule has 8 heteroatoms. The van der Waals surface area contributed by atoms with Gasteiger partial charge < -0.3 is 15.2 Å². The first kappa shape index (κ1) is 13.1. The van der Waals surface area contributed by atoms with Gasteiger partial charge in [0.05, 0.1) is 12.8 Å². The highest BCUT2D eigenvalue weighted by Gasteiger charge is 2.37. The Balaban J connectivity index is 3.31. The summed E-state index contributed by atoms with van der Waals surface area (Å²) in [7, 11) is 0.912. The largest absolute Gasteiger partial charge is 0.513 e. The van der Waals surface area contributed by atoms with Crippen LogP contribution in [-0.2, 0) is 10.9 Å². The van der Waals surface area contributed by atoms with Gasteiger partial charge in [-0.25, -0.2) is 9.18 Å². The lowest BCUT2D eigenvalue weighted by Gasteiger charge is -2.14. The van der Waals surface area contributed by atoms with Crippen molar-refractivity contribution in [2.24, 2.45) is 0 Å². The lowest BCUT2D eigenvalue weighted by Crippen LogP contribution is -2.15. The smallest absolute Gasteiger partial charge is 0.437 e. The topological polar surface area (TPSA) is 61.5 Å². The third-order valence-corrected chi connectivity index (χ3v) is 1.74. The molecule has 0 radical (unpaired) electrons. The van der Waals surface area contributed by atoms with Gasteiger partial charge in [-0.15, -0.1) is 0 Å². The van der Waals surface area contributed by atoms with Crippen molar-refractivity contribution in [3.8, 4) is 5.75 Å². The fourth-order valence-electron chi connectivity index (χ4n) is 1.06. The minimum absolute atomic E-state index is 0.175. The lowest BCUT2D eigenvalue weighted by molar-refractivity contribution is -0.138. The first-order valence-electron chi connectivity index (χ1n) is 4.17. The van der Waals surface area contributed by atoms with Crippen LogP contribution in [0, 0.1) is 5.82 Å². The van der Waals surface area contributed by atoms with E-state index in [1.54, 1.807) is 0 Å². The van der Waals surface area contributed by atoms with E-state index < -0.39 is 35.1 Å². The summed E-state index contributed by atoms with van der Waals surface area (Å²) in [4.78, 5) is 10.7. The summed E-state index contributed by atoms with van der Waals surface area (Å²) in [5.41, 5.74) is 3.01. The molecule has 1 aromatic carbocycles. The molecule has 0 amide bonds. The van der Waals surface area contributed by atoms with Gasteiger partial charge in [0.15, 0.2) is 5.75 Å². The zero-order valence-corrected chi connectivity index (χ0v) is 8.47. The molecular weight excluding hydrogens is 246 g/mol. The molecule has 94 valence electrons. The number of nitrogen functional groups attached to an aromatic ring is 1. The Labute approximate surface area is 92.9 Å². The molecule has 2 N–H and O–H groups in total. The monoisotopic (exact) mass is 253 g/mol. The van der Waals surface area contributed by atoms with Crippen LogP contribution in [0.4, 0.5) is 28.0 Å². The van der Waals surface area contributed by atoms with E-state index in [0.717, 1.165) is 7.11 Å². The zero-order valence-electron chi connectivity index (χ0n) is 8.47. The molecule has 0 aliphatic rings. The molecule has 0 saturated heterocycles. The molecule has 0 fully saturated rings. The molecule has 0 heterocycles. The quantitative estimate of drug-likeness (QED) is 0.361. The van der Waals surface area contributed by atoms with Crippen LogP contribution in [0.25, 0.3) is 0 Å². The second-order valence-corrected chi connectivity index (χ2v) is 2.93. The average molecular weight is 253 g/mol. The summed E-state index contributed by atoms with van der Waals surface area (Å²) in [5.74, 6) is -2.17. The molecular formula is C9H7F4NO3. The van der Waals surface area contributed by atoms with Gasteiger partial charge in [0.2, 0.25) is 0 Å². The second kappa shape index (κ2) is 4.48. The van der Waals surface area contributed by atoms with Gasteiger partial charge in [0, 0.05) is 6.07 Å². The van der Waals surface area contributed by atoms with Gasteiger partial charge in [-0.1, -0.05) is 0 Å². The Morgan fingerprint density at radius 1 is 1.35 bits per heavy atom. The summed E-state index contributed by atoms with van der Waals surface area (Å²) in [5, 5.41) is 0. The molecule has 0 unspecified atom stereocenters. The minimum atomic E-state index is -4.90. The zero-order chi connectivity index (χ0) is 13.2. The van der Waals surface area contributed by atoms with Crippen molar-refractivity contribution in [1.82, 2.24) is 0 Å². The fourth-order valence-corrected chi connectivity index (χ4v) is 1.06. The third kappa shape index (κ3) is 2.99. The molecule has 1 rings (SSSR count). The molecule has 0 saturated carbocycles. The summed E-state index contributed by atoms with van der Waals surface area (Å²) in [6, 6.07) is 0.780. The minimum Gasteiger partial charge on any atom is -0.437 e. The SMILES string of the molecule is COC(=O)Oc1c(N)cc(F)cc1C(F)(F)F. The van der Waals surface area contributed by atoms with Gasteiger partial charge in [-0.3, -0.25) is 0 Å². The molecule has 17 heavy (non-hydrogen) atoms. The van der Waals surface area contributed by atoms with E-state index in [2.05, 4.69) is 9.47 Å². The molecule has 0 aliphatic carbocycles. The Kier molecular flexibility index (Phi) is 3.45. The number of carbonyl (C=O) groups is 1. The average Bonchev–Trinajstić information content (AvgIpc) is 2.19. The fraction of sp³-hybridized carbons (Fsp3) is 0.222. The Hall–Kier alpha value is -1.99. The number of rotatable bonds is 1. The molecule has 0 atom stereocenters. The lowest BCUT2D eigenvalue weighted by atomic mass is 10.1. The number of halogens is 4. The van der Waals surface area contributed by atoms with Crippen LogP contribution in [0.1, 0.15) is 5.56 Å². The van der Waals surface area contributed by atoms with Crippen LogP contribution < -0.4 is 10.5 Å². The molecule has 4 nitrogen and oxygen atoms in total. The highest BCUT2D eigenvalue weighted by atomic mass is 19.4. The summed E-state index contributed by atoms with van der Waals surface area (Å²) in [6.07, 6.45) is -6.28. The molecule has 0 bridgehead atoms. The number of methoxy groups -OCH3 is 1. The molecule has 0 aromatic heterocycles. The predicted octanol–water partition coefficient (Wildman–Crippen LogP) is 2.57. The Morgan fingerprint density at radius 3 is 2.41 bits per heavy atom. The van der Waals surface area contributed by atoms with E-state index in [1.807, 2.05) is 0 Å². The van der Waals surface area contributed by atoms with Gasteiger partial charge in [-0.05, 0) is 6.07 Å². The van der Waals surface area contributed by atoms with Crippen LogP contribution in [0.15, 0.2) is 12.1 Å².